The van der Waals surface area contributed by atoms with Gasteiger partial charge in [0.25, 0.3) is 0 Å². The summed E-state index contributed by atoms with van der Waals surface area (Å²) in [5.74, 6) is 1.75. The Labute approximate surface area is 333 Å². The molecule has 0 saturated heterocycles. The Bertz CT molecular complexity index is 3540. The molecular formula is C49H27N5OS2. The third-order valence-corrected chi connectivity index (χ3v) is 13.2. The van der Waals surface area contributed by atoms with Crippen molar-refractivity contribution < 1.29 is 4.42 Å². The average Bonchev–Trinajstić information content (AvgIpc) is 3.98. The van der Waals surface area contributed by atoms with E-state index in [4.69, 9.17) is 29.3 Å². The van der Waals surface area contributed by atoms with Crippen LogP contribution < -0.4 is 0 Å². The summed E-state index contributed by atoms with van der Waals surface area (Å²) in [5.41, 5.74) is 9.42. The normalized spacial score (nSPS) is 11.9. The summed E-state index contributed by atoms with van der Waals surface area (Å²) in [6.45, 7) is 0. The molecule has 5 aromatic heterocycles. The molecule has 0 radical (unpaired) electrons. The number of benzene rings is 7. The van der Waals surface area contributed by atoms with Crippen LogP contribution in [-0.4, -0.2) is 24.9 Å². The number of nitrogens with zero attached hydrogens (tertiary/aromatic N) is 5. The lowest BCUT2D eigenvalue weighted by Crippen LogP contribution is -2.00. The third-order valence-electron chi connectivity index (χ3n) is 10.7. The number of hydrogen-bond donors (Lipinski definition) is 0. The molecule has 0 fully saturated rings. The van der Waals surface area contributed by atoms with E-state index in [1.165, 1.54) is 10.1 Å². The minimum atomic E-state index is 0.553. The summed E-state index contributed by atoms with van der Waals surface area (Å²) in [5, 5.41) is 5.53. The molecule has 57 heavy (non-hydrogen) atoms. The molecule has 0 atom stereocenters. The highest BCUT2D eigenvalue weighted by molar-refractivity contribution is 7.27. The van der Waals surface area contributed by atoms with Gasteiger partial charge in [0.1, 0.15) is 17.5 Å². The van der Waals surface area contributed by atoms with Gasteiger partial charge in [0.2, 0.25) is 0 Å². The Balaban J connectivity index is 1.08. The molecule has 6 nitrogen and oxygen atoms in total. The zero-order valence-corrected chi connectivity index (χ0v) is 31.7. The summed E-state index contributed by atoms with van der Waals surface area (Å²) in [6, 6.07) is 54.4. The minimum absolute atomic E-state index is 0.553. The second-order valence-corrected chi connectivity index (χ2v) is 16.0. The molecule has 12 rings (SSSR count). The van der Waals surface area contributed by atoms with Crippen molar-refractivity contribution in [3.8, 4) is 56.5 Å². The predicted molar refractivity (Wildman–Crippen MR) is 236 cm³/mol. The Kier molecular flexibility index (Phi) is 7.17. The van der Waals surface area contributed by atoms with Gasteiger partial charge in [-0.2, -0.15) is 0 Å². The minimum Gasteiger partial charge on any atom is -0.455 e. The molecule has 0 bridgehead atoms. The predicted octanol–water partition coefficient (Wildman–Crippen LogP) is 13.6. The highest BCUT2D eigenvalue weighted by atomic mass is 32.1. The van der Waals surface area contributed by atoms with Crippen molar-refractivity contribution in [1.29, 1.82) is 0 Å². The van der Waals surface area contributed by atoms with Gasteiger partial charge in [-0.15, -0.1) is 22.7 Å². The molecule has 5 heterocycles. The van der Waals surface area contributed by atoms with Gasteiger partial charge in [-0.3, -0.25) is 0 Å². The van der Waals surface area contributed by atoms with Crippen molar-refractivity contribution in [1.82, 2.24) is 24.9 Å². The molecule has 0 N–H and O–H groups in total. The van der Waals surface area contributed by atoms with Crippen LogP contribution in [0, 0.1) is 0 Å². The quantitative estimate of drug-likeness (QED) is 0.174. The molecule has 0 amide bonds. The van der Waals surface area contributed by atoms with Crippen LogP contribution in [-0.2, 0) is 0 Å². The zero-order valence-electron chi connectivity index (χ0n) is 30.0. The third kappa shape index (κ3) is 5.05. The van der Waals surface area contributed by atoms with E-state index in [-0.39, 0.29) is 0 Å². The Morgan fingerprint density at radius 3 is 1.67 bits per heavy atom. The van der Waals surface area contributed by atoms with Crippen LogP contribution in [0.5, 0.6) is 0 Å². The van der Waals surface area contributed by atoms with E-state index in [1.807, 2.05) is 42.5 Å². The molecule has 0 aliphatic carbocycles. The Morgan fingerprint density at radius 1 is 0.368 bits per heavy atom. The van der Waals surface area contributed by atoms with Crippen LogP contribution in [0.15, 0.2) is 168 Å². The molecule has 0 saturated carbocycles. The second-order valence-electron chi connectivity index (χ2n) is 14.0. The fourth-order valence-electron chi connectivity index (χ4n) is 8.07. The van der Waals surface area contributed by atoms with Gasteiger partial charge < -0.3 is 4.42 Å². The summed E-state index contributed by atoms with van der Waals surface area (Å²) in [4.78, 5) is 25.2. The number of aromatic nitrogens is 5. The summed E-state index contributed by atoms with van der Waals surface area (Å²) < 4.78 is 11.4. The Hall–Kier alpha value is -7.13. The van der Waals surface area contributed by atoms with Crippen LogP contribution >= 0.6 is 22.7 Å². The summed E-state index contributed by atoms with van der Waals surface area (Å²) >= 11 is 3.50. The maximum atomic E-state index is 6.82. The van der Waals surface area contributed by atoms with Gasteiger partial charge in [-0.1, -0.05) is 140 Å². The van der Waals surface area contributed by atoms with Crippen molar-refractivity contribution >= 4 is 85.1 Å². The van der Waals surface area contributed by atoms with Crippen molar-refractivity contribution in [3.63, 3.8) is 0 Å². The van der Waals surface area contributed by atoms with Crippen molar-refractivity contribution in [2.24, 2.45) is 0 Å². The van der Waals surface area contributed by atoms with Gasteiger partial charge in [0, 0.05) is 63.3 Å². The first kappa shape index (κ1) is 32.1. The van der Waals surface area contributed by atoms with Crippen LogP contribution in [0.3, 0.4) is 0 Å². The maximum Gasteiger partial charge on any atom is 0.167 e. The fourth-order valence-corrected chi connectivity index (χ4v) is 10.6. The van der Waals surface area contributed by atoms with E-state index in [2.05, 4.69) is 115 Å². The van der Waals surface area contributed by atoms with E-state index < -0.39 is 0 Å². The topological polar surface area (TPSA) is 77.6 Å². The molecule has 8 heteroatoms. The zero-order chi connectivity index (χ0) is 37.5. The molecule has 0 spiro atoms. The van der Waals surface area contributed by atoms with Crippen molar-refractivity contribution in [3.05, 3.63) is 164 Å². The van der Waals surface area contributed by atoms with E-state index in [9.17, 15) is 0 Å². The number of para-hydroxylation sites is 2. The fraction of sp³-hybridized carbons (Fsp3) is 0. The SMILES string of the molecule is c1ccc(-c2nc(-c3cccc4c3oc3c(-c5ccccc5)cccc34)nc(-c3cccc4c3sc3c(-c5ncnc6c5sc5ccccc56)cccc34)n2)cc1. The highest BCUT2D eigenvalue weighted by Crippen LogP contribution is 2.46. The van der Waals surface area contributed by atoms with Crippen molar-refractivity contribution in [2.75, 3.05) is 0 Å². The first-order valence-corrected chi connectivity index (χ1v) is 20.3. The number of rotatable bonds is 5. The van der Waals surface area contributed by atoms with E-state index in [0.717, 1.165) is 91.4 Å². The molecule has 0 unspecified atom stereocenters. The highest BCUT2D eigenvalue weighted by Gasteiger charge is 2.22. The van der Waals surface area contributed by atoms with Crippen LogP contribution in [0.1, 0.15) is 0 Å². The second kappa shape index (κ2) is 12.7. The lowest BCUT2D eigenvalue weighted by atomic mass is 10.0. The van der Waals surface area contributed by atoms with Gasteiger partial charge in [0.05, 0.1) is 21.5 Å². The lowest BCUT2D eigenvalue weighted by molar-refractivity contribution is 0.670. The summed E-state index contributed by atoms with van der Waals surface area (Å²) in [7, 11) is 0. The molecule has 0 aliphatic heterocycles. The largest absolute Gasteiger partial charge is 0.455 e. The van der Waals surface area contributed by atoms with E-state index in [1.54, 1.807) is 29.0 Å². The van der Waals surface area contributed by atoms with Gasteiger partial charge in [-0.05, 0) is 23.8 Å². The van der Waals surface area contributed by atoms with Crippen LogP contribution in [0.25, 0.3) is 119 Å². The molecule has 266 valence electrons. The number of thiophene rings is 2. The van der Waals surface area contributed by atoms with Crippen LogP contribution in [0.2, 0.25) is 0 Å². The Morgan fingerprint density at radius 2 is 0.912 bits per heavy atom. The van der Waals surface area contributed by atoms with Gasteiger partial charge in [-0.25, -0.2) is 24.9 Å². The standard InChI is InChI=1S/C49H27N5OS2/c1-3-13-28(14-4-1)30-18-9-19-31-32-20-10-24-37(43(32)55-42(30)31)48-52-47(29-15-5-2-6-16-29)53-49(54-48)38-25-12-22-34-33-21-11-23-36(44(33)57-45(34)38)41-46-40(50-27-51-41)35-17-7-8-26-39(35)56-46/h1-27H. The number of hydrogen-bond acceptors (Lipinski definition) is 8. The lowest BCUT2D eigenvalue weighted by Gasteiger charge is -2.09. The van der Waals surface area contributed by atoms with Gasteiger partial charge in [0.15, 0.2) is 17.5 Å². The number of fused-ring (bicyclic) bond motifs is 9. The van der Waals surface area contributed by atoms with E-state index >= 15 is 0 Å². The first-order valence-electron chi connectivity index (χ1n) is 18.7. The number of furan rings is 1. The average molecular weight is 766 g/mol. The molecule has 12 aromatic rings. The molecular weight excluding hydrogens is 739 g/mol. The molecule has 0 aliphatic rings. The molecule has 7 aromatic carbocycles. The van der Waals surface area contributed by atoms with Crippen LogP contribution in [0.4, 0.5) is 0 Å². The van der Waals surface area contributed by atoms with Gasteiger partial charge >= 0.3 is 0 Å². The maximum absolute atomic E-state index is 6.82. The monoisotopic (exact) mass is 765 g/mol. The van der Waals surface area contributed by atoms with E-state index in [0.29, 0.717) is 17.5 Å². The first-order chi connectivity index (χ1) is 28.3. The summed E-state index contributed by atoms with van der Waals surface area (Å²) in [6.07, 6.45) is 1.69. The van der Waals surface area contributed by atoms with Crippen molar-refractivity contribution in [2.45, 2.75) is 0 Å². The smallest absolute Gasteiger partial charge is 0.167 e.